The number of anilines is 2. The number of nitrogens with zero attached hydrogens (tertiary/aromatic N) is 5. The molecule has 2 aromatic heterocycles. The summed E-state index contributed by atoms with van der Waals surface area (Å²) in [6.45, 7) is 4.18. The Morgan fingerprint density at radius 2 is 1.97 bits per heavy atom. The number of piperazine rings is 1. The molecule has 1 aliphatic heterocycles. The van der Waals surface area contributed by atoms with Crippen LogP contribution < -0.4 is 20.9 Å². The van der Waals surface area contributed by atoms with E-state index in [4.69, 9.17) is 20.9 Å². The summed E-state index contributed by atoms with van der Waals surface area (Å²) in [6.07, 6.45) is 3.81. The Balaban J connectivity index is 1.27. The number of likely N-dealkylation sites (N-methyl/N-ethyl adjacent to an activating group) is 1. The number of ether oxygens (including phenoxy) is 1. The number of nitrogens with two attached hydrogens (primary N) is 1. The van der Waals surface area contributed by atoms with Crippen LogP contribution in [-0.4, -0.2) is 66.0 Å². The van der Waals surface area contributed by atoms with Gasteiger partial charge in [-0.05, 0) is 49.6 Å². The molecule has 9 nitrogen and oxygen atoms in total. The van der Waals surface area contributed by atoms with E-state index in [1.807, 2.05) is 24.4 Å². The van der Waals surface area contributed by atoms with Crippen molar-refractivity contribution in [3.63, 3.8) is 0 Å². The number of hydrogen-bond donors (Lipinski definition) is 3. The average molecular weight is 447 g/mol. The highest BCUT2D eigenvalue weighted by atomic mass is 16.5. The van der Waals surface area contributed by atoms with E-state index in [0.717, 1.165) is 50.2 Å². The lowest BCUT2D eigenvalue weighted by Gasteiger charge is -2.35. The van der Waals surface area contributed by atoms with Crippen molar-refractivity contribution < 1.29 is 4.74 Å². The summed E-state index contributed by atoms with van der Waals surface area (Å²) in [7, 11) is 3.76. The smallest absolute Gasteiger partial charge is 0.199 e. The number of aromatic nitrogens is 3. The molecule has 1 saturated heterocycles. The highest BCUT2D eigenvalue weighted by Gasteiger charge is 2.33. The van der Waals surface area contributed by atoms with Crippen molar-refractivity contribution in [3.05, 3.63) is 47.6 Å². The maximum Gasteiger partial charge on any atom is 0.199 e. The molecule has 1 aliphatic carbocycles. The van der Waals surface area contributed by atoms with Crippen molar-refractivity contribution in [2.45, 2.75) is 18.8 Å². The van der Waals surface area contributed by atoms with Gasteiger partial charge in [0, 0.05) is 43.7 Å². The van der Waals surface area contributed by atoms with Crippen LogP contribution in [0.3, 0.4) is 0 Å². The molecule has 1 saturated carbocycles. The van der Waals surface area contributed by atoms with Gasteiger partial charge in [0.25, 0.3) is 0 Å². The molecule has 0 atom stereocenters. The van der Waals surface area contributed by atoms with Gasteiger partial charge in [0.2, 0.25) is 0 Å². The number of amidine groups is 1. The molecule has 3 aromatic rings. The second kappa shape index (κ2) is 8.82. The zero-order chi connectivity index (χ0) is 22.9. The number of benzene rings is 1. The molecule has 172 valence electrons. The van der Waals surface area contributed by atoms with Crippen LogP contribution in [0.1, 0.15) is 24.3 Å². The number of fused-ring (bicyclic) bond motifs is 1. The fourth-order valence-electron chi connectivity index (χ4n) is 4.61. The lowest BCUT2D eigenvalue weighted by molar-refractivity contribution is 0.312. The van der Waals surface area contributed by atoms with Gasteiger partial charge in [0.15, 0.2) is 5.95 Å². The van der Waals surface area contributed by atoms with E-state index in [9.17, 15) is 0 Å². The molecule has 5 rings (SSSR count). The zero-order valence-electron chi connectivity index (χ0n) is 19.1. The van der Waals surface area contributed by atoms with Crippen LogP contribution >= 0.6 is 0 Å². The molecule has 2 aliphatic rings. The first-order valence-electron chi connectivity index (χ1n) is 11.4. The normalized spacial score (nSPS) is 21.8. The molecule has 1 aromatic carbocycles. The standard InChI is InChI=1S/C24H30N8O/c1-31-8-10-32(11-9-31)20-7-6-15(14-27-20)16-12-17(13-16)22(25)29-23-18-4-3-5-19(33-2)21(18)28-24(26)30-23/h3-7,14,16-17H,8-13H2,1-2H3,(H4,25,26,28,29,30)/t16-,17+. The minimum Gasteiger partial charge on any atom is -0.494 e. The molecular formula is C24H30N8O. The molecule has 3 heterocycles. The van der Waals surface area contributed by atoms with Gasteiger partial charge in [0.1, 0.15) is 28.4 Å². The molecule has 0 spiro atoms. The Kier molecular flexibility index (Phi) is 5.72. The average Bonchev–Trinajstić information content (AvgIpc) is 2.79. The lowest BCUT2D eigenvalue weighted by Crippen LogP contribution is -2.44. The van der Waals surface area contributed by atoms with Crippen molar-refractivity contribution in [3.8, 4) is 5.75 Å². The number of H-pyrrole nitrogens is 1. The van der Waals surface area contributed by atoms with Crippen LogP contribution in [0, 0.1) is 11.3 Å². The second-order valence-corrected chi connectivity index (χ2v) is 8.93. The molecule has 0 amide bonds. The van der Waals surface area contributed by atoms with Crippen LogP contribution in [0.4, 0.5) is 11.8 Å². The van der Waals surface area contributed by atoms with Gasteiger partial charge in [-0.1, -0.05) is 12.1 Å². The lowest BCUT2D eigenvalue weighted by atomic mass is 9.71. The van der Waals surface area contributed by atoms with E-state index >= 15 is 0 Å². The maximum absolute atomic E-state index is 8.56. The number of para-hydroxylation sites is 1. The molecule has 2 fully saturated rings. The van der Waals surface area contributed by atoms with Crippen LogP contribution in [0.2, 0.25) is 0 Å². The van der Waals surface area contributed by atoms with Gasteiger partial charge in [-0.3, -0.25) is 5.41 Å². The minimum atomic E-state index is 0.121. The summed E-state index contributed by atoms with van der Waals surface area (Å²) in [4.78, 5) is 21.3. The first-order chi connectivity index (χ1) is 16.0. The van der Waals surface area contributed by atoms with E-state index in [2.05, 4.69) is 43.9 Å². The minimum absolute atomic E-state index is 0.121. The summed E-state index contributed by atoms with van der Waals surface area (Å²) in [6, 6.07) is 9.96. The fourth-order valence-corrected chi connectivity index (χ4v) is 4.61. The summed E-state index contributed by atoms with van der Waals surface area (Å²) >= 11 is 0. The Bertz CT molecular complexity index is 1220. The Morgan fingerprint density at radius 3 is 2.67 bits per heavy atom. The highest BCUT2D eigenvalue weighted by molar-refractivity contribution is 5.87. The van der Waals surface area contributed by atoms with E-state index in [-0.39, 0.29) is 11.9 Å². The van der Waals surface area contributed by atoms with E-state index in [0.29, 0.717) is 28.5 Å². The van der Waals surface area contributed by atoms with Gasteiger partial charge in [-0.2, -0.15) is 0 Å². The van der Waals surface area contributed by atoms with Gasteiger partial charge in [-0.25, -0.2) is 15.0 Å². The quantitative estimate of drug-likeness (QED) is 0.418. The van der Waals surface area contributed by atoms with Crippen LogP contribution in [0.5, 0.6) is 5.75 Å². The maximum atomic E-state index is 8.56. The van der Waals surface area contributed by atoms with E-state index in [1.54, 1.807) is 7.11 Å². The zero-order valence-corrected chi connectivity index (χ0v) is 19.1. The molecule has 0 unspecified atom stereocenters. The van der Waals surface area contributed by atoms with Crippen LogP contribution in [-0.2, 0) is 0 Å². The van der Waals surface area contributed by atoms with Crippen molar-refractivity contribution in [2.75, 3.05) is 51.0 Å². The highest BCUT2D eigenvalue weighted by Crippen LogP contribution is 2.42. The molecule has 4 N–H and O–H groups in total. The van der Waals surface area contributed by atoms with Gasteiger partial charge >= 0.3 is 0 Å². The Labute approximate surface area is 192 Å². The SMILES string of the molecule is COc1cccc2/c(=N/C(=N)[C@H]3C[C@@H](c4ccc(N5CCN(C)CC5)nc4)C3)[nH]c(N)nc12. The van der Waals surface area contributed by atoms with Gasteiger partial charge in [-0.15, -0.1) is 0 Å². The third-order valence-electron chi connectivity index (χ3n) is 6.78. The molecular weight excluding hydrogens is 416 g/mol. The topological polar surface area (TPSA) is 120 Å². The first kappa shape index (κ1) is 21.4. The number of pyridine rings is 1. The fraction of sp³-hybridized carbons (Fsp3) is 0.417. The third kappa shape index (κ3) is 4.28. The van der Waals surface area contributed by atoms with Crippen LogP contribution in [0.15, 0.2) is 41.5 Å². The van der Waals surface area contributed by atoms with E-state index in [1.165, 1.54) is 5.56 Å². The third-order valence-corrected chi connectivity index (χ3v) is 6.78. The predicted octanol–water partition coefficient (Wildman–Crippen LogP) is 2.37. The monoisotopic (exact) mass is 446 g/mol. The number of aromatic amines is 1. The van der Waals surface area contributed by atoms with Gasteiger partial charge in [0.05, 0.1) is 7.11 Å². The van der Waals surface area contributed by atoms with Crippen molar-refractivity contribution >= 4 is 28.5 Å². The van der Waals surface area contributed by atoms with Gasteiger partial charge < -0.3 is 25.3 Å². The molecule has 0 bridgehead atoms. The number of nitrogen functional groups attached to an aromatic ring is 1. The number of hydrogen-bond acceptors (Lipinski definition) is 7. The number of rotatable bonds is 4. The number of methoxy groups -OCH3 is 1. The van der Waals surface area contributed by atoms with E-state index < -0.39 is 0 Å². The van der Waals surface area contributed by atoms with Crippen LogP contribution in [0.25, 0.3) is 10.9 Å². The second-order valence-electron chi connectivity index (χ2n) is 8.93. The number of nitrogens with one attached hydrogen (secondary N) is 2. The summed E-state index contributed by atoms with van der Waals surface area (Å²) in [5.41, 5.74) is 8.38. The predicted molar refractivity (Wildman–Crippen MR) is 130 cm³/mol. The Morgan fingerprint density at radius 1 is 1.18 bits per heavy atom. The van der Waals surface area contributed by atoms with Crippen molar-refractivity contribution in [1.82, 2.24) is 19.9 Å². The molecule has 33 heavy (non-hydrogen) atoms. The Hall–Kier alpha value is -3.46. The largest absolute Gasteiger partial charge is 0.494 e. The van der Waals surface area contributed by atoms with Crippen molar-refractivity contribution in [1.29, 1.82) is 5.41 Å². The molecule has 0 radical (unpaired) electrons. The van der Waals surface area contributed by atoms with Crippen molar-refractivity contribution in [2.24, 2.45) is 10.9 Å². The summed E-state index contributed by atoms with van der Waals surface area (Å²) in [5, 5.41) is 9.34. The summed E-state index contributed by atoms with van der Waals surface area (Å²) < 4.78 is 5.40. The summed E-state index contributed by atoms with van der Waals surface area (Å²) in [5.74, 6) is 2.83. The molecule has 9 heteroatoms. The first-order valence-corrected chi connectivity index (χ1v) is 11.4.